The first-order chi connectivity index (χ1) is 14.7. The first-order valence-corrected chi connectivity index (χ1v) is 10.6. The number of hydrogen-bond acceptors (Lipinski definition) is 4. The molecule has 0 radical (unpaired) electrons. The summed E-state index contributed by atoms with van der Waals surface area (Å²) in [6, 6.07) is 17.7. The molecule has 150 valence electrons. The van der Waals surface area contributed by atoms with Crippen molar-refractivity contribution >= 4 is 34.9 Å². The maximum absolute atomic E-state index is 12.3. The number of hydrogen-bond donors (Lipinski definition) is 1. The fourth-order valence-corrected chi connectivity index (χ4v) is 3.78. The predicted molar refractivity (Wildman–Crippen MR) is 121 cm³/mol. The molecule has 1 N–H and O–H groups in total. The number of benzene rings is 1. The standard InChI is InChI=1S/C23H19ClN4OS/c24-21-10-8-18(13-25-21)14-26-22(29)11-9-19-16-28(15-17-5-2-1-3-6-17)27-23(19)20-7-4-12-30-20/h1-13,16H,14-15H2,(H,26,29). The number of aromatic nitrogens is 3. The highest BCUT2D eigenvalue weighted by Gasteiger charge is 2.11. The van der Waals surface area contributed by atoms with Crippen LogP contribution in [0.5, 0.6) is 0 Å². The van der Waals surface area contributed by atoms with E-state index in [1.807, 2.05) is 52.7 Å². The number of halogens is 1. The molecule has 30 heavy (non-hydrogen) atoms. The highest BCUT2D eigenvalue weighted by Crippen LogP contribution is 2.27. The Labute approximate surface area is 183 Å². The molecule has 4 aromatic rings. The van der Waals surface area contributed by atoms with Crippen molar-refractivity contribution in [2.75, 3.05) is 0 Å². The molecular weight excluding hydrogens is 416 g/mol. The van der Waals surface area contributed by atoms with Gasteiger partial charge >= 0.3 is 0 Å². The molecule has 0 atom stereocenters. The lowest BCUT2D eigenvalue weighted by molar-refractivity contribution is -0.116. The number of carbonyl (C=O) groups is 1. The van der Waals surface area contributed by atoms with Gasteiger partial charge in [-0.1, -0.05) is 54.1 Å². The van der Waals surface area contributed by atoms with Crippen LogP contribution >= 0.6 is 22.9 Å². The van der Waals surface area contributed by atoms with Gasteiger partial charge in [-0.15, -0.1) is 11.3 Å². The summed E-state index contributed by atoms with van der Waals surface area (Å²) < 4.78 is 1.90. The molecule has 4 rings (SSSR count). The lowest BCUT2D eigenvalue weighted by Crippen LogP contribution is -2.20. The van der Waals surface area contributed by atoms with E-state index in [4.69, 9.17) is 16.7 Å². The summed E-state index contributed by atoms with van der Waals surface area (Å²) in [5, 5.41) is 10.1. The van der Waals surface area contributed by atoms with Crippen LogP contribution in [0.4, 0.5) is 0 Å². The summed E-state index contributed by atoms with van der Waals surface area (Å²) in [5.74, 6) is -0.183. The van der Waals surface area contributed by atoms with E-state index in [1.54, 1.807) is 29.7 Å². The van der Waals surface area contributed by atoms with Crippen LogP contribution in [-0.2, 0) is 17.9 Å². The number of amides is 1. The molecule has 3 aromatic heterocycles. The minimum atomic E-state index is -0.183. The van der Waals surface area contributed by atoms with Crippen molar-refractivity contribution < 1.29 is 4.79 Å². The van der Waals surface area contributed by atoms with E-state index in [1.165, 1.54) is 11.6 Å². The van der Waals surface area contributed by atoms with Crippen molar-refractivity contribution in [3.8, 4) is 10.6 Å². The number of carbonyl (C=O) groups excluding carboxylic acids is 1. The van der Waals surface area contributed by atoms with E-state index >= 15 is 0 Å². The molecule has 0 aliphatic rings. The zero-order chi connectivity index (χ0) is 20.8. The minimum Gasteiger partial charge on any atom is -0.348 e. The van der Waals surface area contributed by atoms with Crippen LogP contribution in [0.2, 0.25) is 5.15 Å². The zero-order valence-corrected chi connectivity index (χ0v) is 17.6. The average Bonchev–Trinajstić information content (AvgIpc) is 3.42. The van der Waals surface area contributed by atoms with E-state index < -0.39 is 0 Å². The molecule has 1 amide bonds. The summed E-state index contributed by atoms with van der Waals surface area (Å²) in [7, 11) is 0. The Morgan fingerprint density at radius 2 is 1.97 bits per heavy atom. The second-order valence-electron chi connectivity index (χ2n) is 6.63. The molecule has 0 saturated carbocycles. The van der Waals surface area contributed by atoms with Crippen LogP contribution in [0.25, 0.3) is 16.6 Å². The second kappa shape index (κ2) is 9.52. The van der Waals surface area contributed by atoms with Crippen LogP contribution in [0, 0.1) is 0 Å². The van der Waals surface area contributed by atoms with Crippen LogP contribution in [0.1, 0.15) is 16.7 Å². The SMILES string of the molecule is O=C(C=Cc1cn(Cc2ccccc2)nc1-c1cccs1)NCc1ccc(Cl)nc1. The van der Waals surface area contributed by atoms with Crippen molar-refractivity contribution in [1.82, 2.24) is 20.1 Å². The quantitative estimate of drug-likeness (QED) is 0.327. The minimum absolute atomic E-state index is 0.183. The van der Waals surface area contributed by atoms with E-state index in [0.29, 0.717) is 18.2 Å². The molecule has 5 nitrogen and oxygen atoms in total. The first-order valence-electron chi connectivity index (χ1n) is 9.39. The lowest BCUT2D eigenvalue weighted by atomic mass is 10.2. The molecule has 0 bridgehead atoms. The molecule has 0 spiro atoms. The van der Waals surface area contributed by atoms with Crippen LogP contribution in [0.15, 0.2) is 78.4 Å². The van der Waals surface area contributed by atoms with E-state index in [2.05, 4.69) is 22.4 Å². The molecule has 3 heterocycles. The van der Waals surface area contributed by atoms with Crippen molar-refractivity contribution in [2.24, 2.45) is 0 Å². The molecule has 0 aliphatic carbocycles. The fraction of sp³-hybridized carbons (Fsp3) is 0.0870. The van der Waals surface area contributed by atoms with Gasteiger partial charge in [0.1, 0.15) is 10.8 Å². The summed E-state index contributed by atoms with van der Waals surface area (Å²) in [6.07, 6.45) is 6.95. The number of pyridine rings is 1. The normalized spacial score (nSPS) is 11.1. The van der Waals surface area contributed by atoms with Crippen LogP contribution in [0.3, 0.4) is 0 Å². The Morgan fingerprint density at radius 1 is 1.10 bits per heavy atom. The number of nitrogens with one attached hydrogen (secondary N) is 1. The Bertz CT molecular complexity index is 1140. The van der Waals surface area contributed by atoms with Gasteiger partial charge in [0.05, 0.1) is 11.4 Å². The Kier molecular flexibility index (Phi) is 6.37. The first kappa shape index (κ1) is 20.1. The fourth-order valence-electron chi connectivity index (χ4n) is 2.94. The van der Waals surface area contributed by atoms with Gasteiger partial charge in [-0.25, -0.2) is 4.98 Å². The maximum atomic E-state index is 12.3. The monoisotopic (exact) mass is 434 g/mol. The van der Waals surface area contributed by atoms with E-state index in [0.717, 1.165) is 21.7 Å². The van der Waals surface area contributed by atoms with Gasteiger partial charge in [-0.3, -0.25) is 9.48 Å². The van der Waals surface area contributed by atoms with E-state index in [-0.39, 0.29) is 5.91 Å². The number of nitrogens with zero attached hydrogens (tertiary/aromatic N) is 3. The molecule has 1 aromatic carbocycles. The van der Waals surface area contributed by atoms with Gasteiger partial charge in [0.2, 0.25) is 5.91 Å². The van der Waals surface area contributed by atoms with Crippen molar-refractivity contribution in [3.63, 3.8) is 0 Å². The van der Waals surface area contributed by atoms with Gasteiger partial charge in [-0.2, -0.15) is 5.10 Å². The van der Waals surface area contributed by atoms with Crippen LogP contribution in [-0.4, -0.2) is 20.7 Å². The third-order valence-electron chi connectivity index (χ3n) is 4.40. The van der Waals surface area contributed by atoms with Gasteiger partial charge in [0.25, 0.3) is 0 Å². The molecule has 0 saturated heterocycles. The summed E-state index contributed by atoms with van der Waals surface area (Å²) in [6.45, 7) is 1.06. The Hall–Kier alpha value is -3.22. The smallest absolute Gasteiger partial charge is 0.244 e. The van der Waals surface area contributed by atoms with Gasteiger partial charge < -0.3 is 5.32 Å². The lowest BCUT2D eigenvalue weighted by Gasteiger charge is -2.02. The van der Waals surface area contributed by atoms with Gasteiger partial charge in [0.15, 0.2) is 0 Å². The summed E-state index contributed by atoms with van der Waals surface area (Å²) in [4.78, 5) is 17.4. The Balaban J connectivity index is 1.48. The zero-order valence-electron chi connectivity index (χ0n) is 16.0. The summed E-state index contributed by atoms with van der Waals surface area (Å²) in [5.41, 5.74) is 3.82. The Morgan fingerprint density at radius 3 is 2.70 bits per heavy atom. The maximum Gasteiger partial charge on any atom is 0.244 e. The molecule has 0 fully saturated rings. The summed E-state index contributed by atoms with van der Waals surface area (Å²) >= 11 is 7.41. The van der Waals surface area contributed by atoms with Crippen molar-refractivity contribution in [2.45, 2.75) is 13.1 Å². The highest BCUT2D eigenvalue weighted by molar-refractivity contribution is 7.13. The average molecular weight is 435 g/mol. The second-order valence-corrected chi connectivity index (χ2v) is 7.97. The van der Waals surface area contributed by atoms with Gasteiger partial charge in [-0.05, 0) is 34.7 Å². The molecule has 7 heteroatoms. The largest absolute Gasteiger partial charge is 0.348 e. The van der Waals surface area contributed by atoms with E-state index in [9.17, 15) is 4.79 Å². The van der Waals surface area contributed by atoms with Crippen LogP contribution < -0.4 is 5.32 Å². The highest BCUT2D eigenvalue weighted by atomic mass is 35.5. The third-order valence-corrected chi connectivity index (χ3v) is 5.50. The third kappa shape index (κ3) is 5.23. The number of thiophene rings is 1. The number of rotatable bonds is 7. The van der Waals surface area contributed by atoms with Crippen molar-refractivity contribution in [1.29, 1.82) is 0 Å². The topological polar surface area (TPSA) is 59.8 Å². The van der Waals surface area contributed by atoms with Crippen molar-refractivity contribution in [3.05, 3.63) is 100 Å². The molecule has 0 aliphatic heterocycles. The predicted octanol–water partition coefficient (Wildman–Crippen LogP) is 5.04. The molecular formula is C23H19ClN4OS. The van der Waals surface area contributed by atoms with Gasteiger partial charge in [0, 0.05) is 30.6 Å². The molecule has 0 unspecified atom stereocenters.